The summed E-state index contributed by atoms with van der Waals surface area (Å²) in [4.78, 5) is 24.8. The van der Waals surface area contributed by atoms with Crippen molar-refractivity contribution in [1.29, 1.82) is 0 Å². The largest absolute Gasteiger partial charge is 0.756 e. The second kappa shape index (κ2) is 29.8. The van der Waals surface area contributed by atoms with Crippen LogP contribution in [0, 0.1) is 0 Å². The molecule has 9 heteroatoms. The number of unbranched alkanes of at least 4 members (excludes halogenated alkanes) is 15. The Morgan fingerprint density at radius 1 is 0.761 bits per heavy atom. The van der Waals surface area contributed by atoms with Crippen molar-refractivity contribution in [3.05, 3.63) is 36.5 Å². The lowest BCUT2D eigenvalue weighted by Gasteiger charge is -2.29. The Morgan fingerprint density at radius 2 is 1.30 bits per heavy atom. The minimum Gasteiger partial charge on any atom is -0.756 e. The number of nitrogens with zero attached hydrogens (tertiary/aromatic N) is 1. The molecule has 0 aromatic heterocycles. The van der Waals surface area contributed by atoms with Gasteiger partial charge < -0.3 is 28.8 Å². The summed E-state index contributed by atoms with van der Waals surface area (Å²) in [5.74, 6) is -0.217. The summed E-state index contributed by atoms with van der Waals surface area (Å²) in [5, 5.41) is 13.4. The summed E-state index contributed by atoms with van der Waals surface area (Å²) >= 11 is 0. The third kappa shape index (κ3) is 31.3. The minimum atomic E-state index is -4.56. The van der Waals surface area contributed by atoms with Crippen LogP contribution in [-0.4, -0.2) is 68.5 Å². The smallest absolute Gasteiger partial charge is 0.268 e. The van der Waals surface area contributed by atoms with Gasteiger partial charge >= 0.3 is 0 Å². The van der Waals surface area contributed by atoms with Crippen molar-refractivity contribution in [2.45, 2.75) is 154 Å². The number of phosphoric ester groups is 1. The fourth-order valence-electron chi connectivity index (χ4n) is 4.83. The first-order valence-electron chi connectivity index (χ1n) is 18.4. The molecule has 0 radical (unpaired) electrons. The molecule has 0 saturated carbocycles. The van der Waals surface area contributed by atoms with Crippen molar-refractivity contribution in [2.24, 2.45) is 0 Å². The van der Waals surface area contributed by atoms with Crippen LogP contribution in [0.1, 0.15) is 142 Å². The van der Waals surface area contributed by atoms with Gasteiger partial charge in [0.2, 0.25) is 5.91 Å². The van der Waals surface area contributed by atoms with Crippen LogP contribution in [0.25, 0.3) is 0 Å². The molecule has 0 aromatic rings. The van der Waals surface area contributed by atoms with E-state index in [0.29, 0.717) is 17.4 Å². The first-order chi connectivity index (χ1) is 22.0. The standard InChI is InChI=1S/C37H71N2O6P/c1-6-8-10-11-12-13-14-15-16-17-18-19-20-21-22-23-24-25-26-27-29-31-37(41)38-35(36(40)30-28-9-7-2)34-45-46(42,43)44-33-32-39(3,4)5/h14-15,17-18,28,30,35-36,40H,6-13,16,19-27,29,31-34H2,1-5H3,(H-,38,41,42,43)/b15-14-,18-17-,30-28+. The molecule has 0 fully saturated rings. The van der Waals surface area contributed by atoms with Crippen molar-refractivity contribution in [3.63, 3.8) is 0 Å². The molecule has 0 aliphatic heterocycles. The van der Waals surface area contributed by atoms with Gasteiger partial charge in [0.1, 0.15) is 13.2 Å². The monoisotopic (exact) mass is 671 g/mol. The van der Waals surface area contributed by atoms with E-state index in [1.807, 2.05) is 34.1 Å². The highest BCUT2D eigenvalue weighted by Gasteiger charge is 2.23. The summed E-state index contributed by atoms with van der Waals surface area (Å²) in [5.41, 5.74) is 0. The van der Waals surface area contributed by atoms with Gasteiger partial charge in [-0.05, 0) is 44.9 Å². The molecule has 0 aliphatic carbocycles. The Labute approximate surface area is 283 Å². The summed E-state index contributed by atoms with van der Waals surface area (Å²) in [6.45, 7) is 4.39. The maximum absolute atomic E-state index is 12.6. The highest BCUT2D eigenvalue weighted by molar-refractivity contribution is 7.45. The maximum Gasteiger partial charge on any atom is 0.268 e. The molecule has 8 nitrogen and oxygen atoms in total. The summed E-state index contributed by atoms with van der Waals surface area (Å²) in [7, 11) is 1.24. The number of nitrogens with one attached hydrogen (secondary N) is 1. The predicted octanol–water partition coefficient (Wildman–Crippen LogP) is 8.55. The molecule has 0 saturated heterocycles. The van der Waals surface area contributed by atoms with Gasteiger partial charge in [0.25, 0.3) is 7.82 Å². The lowest BCUT2D eigenvalue weighted by molar-refractivity contribution is -0.870. The number of phosphoric acid groups is 1. The van der Waals surface area contributed by atoms with Crippen LogP contribution >= 0.6 is 7.82 Å². The predicted molar refractivity (Wildman–Crippen MR) is 191 cm³/mol. The SMILES string of the molecule is CCC/C=C/C(O)C(COP(=O)([O-])OCC[N+](C)(C)C)NC(=O)CCCCCCCCCCC/C=C\C/C=C\CCCCCCC. The van der Waals surface area contributed by atoms with E-state index in [0.717, 1.165) is 38.5 Å². The number of carbonyl (C=O) groups excluding carboxylic acids is 1. The fourth-order valence-corrected chi connectivity index (χ4v) is 5.56. The zero-order valence-corrected chi connectivity index (χ0v) is 31.2. The van der Waals surface area contributed by atoms with E-state index in [2.05, 4.69) is 36.5 Å². The van der Waals surface area contributed by atoms with Crippen LogP contribution in [0.2, 0.25) is 0 Å². The number of allylic oxidation sites excluding steroid dienone is 5. The number of hydrogen-bond acceptors (Lipinski definition) is 6. The minimum absolute atomic E-state index is 0.00446. The molecule has 0 spiro atoms. The van der Waals surface area contributed by atoms with Crippen LogP contribution in [0.3, 0.4) is 0 Å². The zero-order valence-electron chi connectivity index (χ0n) is 30.3. The average Bonchev–Trinajstić information content (AvgIpc) is 2.99. The van der Waals surface area contributed by atoms with Gasteiger partial charge in [-0.15, -0.1) is 0 Å². The summed E-state index contributed by atoms with van der Waals surface area (Å²) in [6.07, 6.45) is 34.2. The molecule has 0 rings (SSSR count). The molecule has 0 aromatic carbocycles. The molecule has 0 bridgehead atoms. The molecule has 0 heterocycles. The number of hydrogen-bond donors (Lipinski definition) is 2. The zero-order chi connectivity index (χ0) is 34.4. The molecule has 1 amide bonds. The Kier molecular flexibility index (Phi) is 29.0. The van der Waals surface area contributed by atoms with Gasteiger partial charge in [-0.3, -0.25) is 9.36 Å². The van der Waals surface area contributed by atoms with Crippen molar-refractivity contribution in [1.82, 2.24) is 5.32 Å². The normalized spacial score (nSPS) is 15.2. The molecule has 3 atom stereocenters. The topological polar surface area (TPSA) is 108 Å². The Bertz CT molecular complexity index is 855. The second-order valence-corrected chi connectivity index (χ2v) is 15.0. The summed E-state index contributed by atoms with van der Waals surface area (Å²) in [6, 6.07) is -0.882. The Hall–Kier alpha value is -1.28. The van der Waals surface area contributed by atoms with Gasteiger partial charge in [0, 0.05) is 6.42 Å². The van der Waals surface area contributed by atoms with Crippen LogP contribution < -0.4 is 10.2 Å². The van der Waals surface area contributed by atoms with Gasteiger partial charge in [0.15, 0.2) is 0 Å². The van der Waals surface area contributed by atoms with E-state index < -0.39 is 20.0 Å². The number of amides is 1. The van der Waals surface area contributed by atoms with Crippen molar-refractivity contribution in [2.75, 3.05) is 40.9 Å². The van der Waals surface area contributed by atoms with E-state index in [-0.39, 0.29) is 19.1 Å². The van der Waals surface area contributed by atoms with Gasteiger partial charge in [-0.2, -0.15) is 0 Å². The third-order valence-corrected chi connectivity index (χ3v) is 8.79. The number of quaternary nitrogens is 1. The molecular weight excluding hydrogens is 599 g/mol. The van der Waals surface area contributed by atoms with Gasteiger partial charge in [0.05, 0.1) is 39.9 Å². The Balaban J connectivity index is 4.07. The number of carbonyl (C=O) groups is 1. The van der Waals surface area contributed by atoms with E-state index in [1.54, 1.807) is 6.08 Å². The van der Waals surface area contributed by atoms with Crippen LogP contribution in [0.15, 0.2) is 36.5 Å². The van der Waals surface area contributed by atoms with E-state index in [4.69, 9.17) is 9.05 Å². The Morgan fingerprint density at radius 3 is 1.85 bits per heavy atom. The van der Waals surface area contributed by atoms with Crippen molar-refractivity contribution < 1.29 is 32.9 Å². The van der Waals surface area contributed by atoms with E-state index >= 15 is 0 Å². The lowest BCUT2D eigenvalue weighted by Crippen LogP contribution is -2.45. The molecule has 2 N–H and O–H groups in total. The quantitative estimate of drug-likeness (QED) is 0.0321. The van der Waals surface area contributed by atoms with E-state index in [9.17, 15) is 19.4 Å². The van der Waals surface area contributed by atoms with E-state index in [1.165, 1.54) is 83.5 Å². The van der Waals surface area contributed by atoms with Crippen molar-refractivity contribution in [3.8, 4) is 0 Å². The second-order valence-electron chi connectivity index (χ2n) is 13.6. The number of likely N-dealkylation sites (N-methyl/N-ethyl adjacent to an activating group) is 1. The molecule has 270 valence electrons. The highest BCUT2D eigenvalue weighted by atomic mass is 31.2. The van der Waals surface area contributed by atoms with Crippen LogP contribution in [-0.2, 0) is 18.4 Å². The first kappa shape index (κ1) is 44.7. The number of aliphatic hydroxyl groups excluding tert-OH is 1. The molecule has 3 unspecified atom stereocenters. The molecule has 0 aliphatic rings. The summed E-state index contributed by atoms with van der Waals surface area (Å²) < 4.78 is 22.8. The van der Waals surface area contributed by atoms with Crippen LogP contribution in [0.4, 0.5) is 0 Å². The first-order valence-corrected chi connectivity index (χ1v) is 19.8. The average molecular weight is 671 g/mol. The van der Waals surface area contributed by atoms with Crippen LogP contribution in [0.5, 0.6) is 0 Å². The van der Waals surface area contributed by atoms with Crippen molar-refractivity contribution >= 4 is 13.7 Å². The van der Waals surface area contributed by atoms with Gasteiger partial charge in [-0.1, -0.05) is 127 Å². The lowest BCUT2D eigenvalue weighted by atomic mass is 10.1. The third-order valence-electron chi connectivity index (χ3n) is 7.83. The fraction of sp³-hybridized carbons (Fsp3) is 0.811. The molecular formula is C37H71N2O6P. The highest BCUT2D eigenvalue weighted by Crippen LogP contribution is 2.38. The maximum atomic E-state index is 12.6. The number of aliphatic hydroxyl groups is 1. The molecule has 46 heavy (non-hydrogen) atoms. The number of rotatable bonds is 32. The van der Waals surface area contributed by atoms with Gasteiger partial charge in [-0.25, -0.2) is 0 Å².